The van der Waals surface area contributed by atoms with Crippen LogP contribution in [-0.2, 0) is 6.42 Å². The molecular formula is C14H16BrN3. The topological polar surface area (TPSA) is 50.9 Å². The molecule has 0 bridgehead atoms. The van der Waals surface area contributed by atoms with Gasteiger partial charge in [0.1, 0.15) is 0 Å². The Morgan fingerprint density at radius 2 is 2.11 bits per heavy atom. The minimum atomic E-state index is 0.215. The van der Waals surface area contributed by atoms with Crippen LogP contribution < -0.4 is 11.1 Å². The summed E-state index contributed by atoms with van der Waals surface area (Å²) in [7, 11) is 1.96. The monoisotopic (exact) mass is 305 g/mol. The summed E-state index contributed by atoms with van der Waals surface area (Å²) in [6.07, 6.45) is 4.36. The first-order chi connectivity index (χ1) is 8.72. The van der Waals surface area contributed by atoms with Crippen molar-refractivity contribution >= 4 is 21.6 Å². The van der Waals surface area contributed by atoms with E-state index in [9.17, 15) is 0 Å². The molecule has 0 aliphatic heterocycles. The molecule has 1 aromatic heterocycles. The number of halogens is 1. The predicted octanol–water partition coefficient (Wildman–Crippen LogP) is 2.93. The fraction of sp³-hybridized carbons (Fsp3) is 0.214. The minimum Gasteiger partial charge on any atom is -0.398 e. The number of hydrogen-bond donors (Lipinski definition) is 2. The second-order valence-corrected chi connectivity index (χ2v) is 5.00. The average Bonchev–Trinajstić information content (AvgIpc) is 2.39. The van der Waals surface area contributed by atoms with Gasteiger partial charge in [-0.3, -0.25) is 4.98 Å². The molecule has 0 radical (unpaired) electrons. The Balaban J connectivity index is 2.26. The number of hydrogen-bond acceptors (Lipinski definition) is 3. The Kier molecular flexibility index (Phi) is 4.33. The maximum absolute atomic E-state index is 5.96. The van der Waals surface area contributed by atoms with Crippen molar-refractivity contribution in [2.45, 2.75) is 12.5 Å². The maximum atomic E-state index is 5.96. The van der Waals surface area contributed by atoms with E-state index in [1.165, 1.54) is 5.56 Å². The summed E-state index contributed by atoms with van der Waals surface area (Å²) in [6.45, 7) is 0. The molecule has 18 heavy (non-hydrogen) atoms. The molecule has 1 aromatic carbocycles. The molecule has 0 amide bonds. The van der Waals surface area contributed by atoms with E-state index in [2.05, 4.69) is 32.3 Å². The van der Waals surface area contributed by atoms with Gasteiger partial charge in [0.15, 0.2) is 0 Å². The number of anilines is 1. The van der Waals surface area contributed by atoms with Crippen LogP contribution in [0.3, 0.4) is 0 Å². The third-order valence-electron chi connectivity index (χ3n) is 2.99. The van der Waals surface area contributed by atoms with Gasteiger partial charge < -0.3 is 11.1 Å². The van der Waals surface area contributed by atoms with E-state index < -0.39 is 0 Å². The molecule has 1 heterocycles. The third-order valence-corrected chi connectivity index (χ3v) is 3.72. The molecule has 0 saturated carbocycles. The molecule has 94 valence electrons. The Hall–Kier alpha value is -1.39. The van der Waals surface area contributed by atoms with Crippen LogP contribution in [0.15, 0.2) is 47.2 Å². The van der Waals surface area contributed by atoms with E-state index in [4.69, 9.17) is 5.73 Å². The third kappa shape index (κ3) is 2.89. The molecule has 0 aliphatic rings. The Morgan fingerprint density at radius 1 is 1.33 bits per heavy atom. The molecular weight excluding hydrogens is 290 g/mol. The number of benzene rings is 1. The molecule has 0 aliphatic carbocycles. The van der Waals surface area contributed by atoms with Crippen LogP contribution in [0.2, 0.25) is 0 Å². The lowest BCUT2D eigenvalue weighted by Crippen LogP contribution is -2.20. The molecule has 3 N–H and O–H groups in total. The predicted molar refractivity (Wildman–Crippen MR) is 78.3 cm³/mol. The normalized spacial score (nSPS) is 12.3. The molecule has 1 atom stereocenters. The van der Waals surface area contributed by atoms with Gasteiger partial charge in [0.05, 0.1) is 0 Å². The van der Waals surface area contributed by atoms with Gasteiger partial charge in [-0.15, -0.1) is 0 Å². The lowest BCUT2D eigenvalue weighted by atomic mass is 9.99. The number of likely N-dealkylation sites (N-methyl/N-ethyl adjacent to an activating group) is 1. The van der Waals surface area contributed by atoms with E-state index >= 15 is 0 Å². The molecule has 2 aromatic rings. The highest BCUT2D eigenvalue weighted by Gasteiger charge is 2.14. The summed E-state index contributed by atoms with van der Waals surface area (Å²) in [5, 5.41) is 3.32. The maximum Gasteiger partial charge on any atom is 0.0378 e. The van der Waals surface area contributed by atoms with Crippen molar-refractivity contribution in [1.82, 2.24) is 10.3 Å². The summed E-state index contributed by atoms with van der Waals surface area (Å²) >= 11 is 3.58. The van der Waals surface area contributed by atoms with E-state index in [1.54, 1.807) is 6.20 Å². The quantitative estimate of drug-likeness (QED) is 0.913. The van der Waals surface area contributed by atoms with Gasteiger partial charge in [0.25, 0.3) is 0 Å². The smallest absolute Gasteiger partial charge is 0.0378 e. The van der Waals surface area contributed by atoms with Gasteiger partial charge in [-0.25, -0.2) is 0 Å². The van der Waals surface area contributed by atoms with Crippen molar-refractivity contribution in [3.8, 4) is 0 Å². The Labute approximate surface area is 116 Å². The van der Waals surface area contributed by atoms with Crippen LogP contribution in [0, 0.1) is 0 Å². The molecule has 2 rings (SSSR count). The van der Waals surface area contributed by atoms with Gasteiger partial charge >= 0.3 is 0 Å². The Bertz CT molecular complexity index is 528. The number of nitrogens with zero attached hydrogens (tertiary/aromatic N) is 1. The first kappa shape index (κ1) is 13.1. The second-order valence-electron chi connectivity index (χ2n) is 4.14. The zero-order valence-corrected chi connectivity index (χ0v) is 11.8. The fourth-order valence-electron chi connectivity index (χ4n) is 1.95. The molecule has 1 unspecified atom stereocenters. The number of nitrogens with one attached hydrogen (secondary N) is 1. The van der Waals surface area contributed by atoms with Crippen LogP contribution >= 0.6 is 15.9 Å². The first-order valence-corrected chi connectivity index (χ1v) is 6.61. The lowest BCUT2D eigenvalue weighted by molar-refractivity contribution is 0.589. The van der Waals surface area contributed by atoms with Gasteiger partial charge in [-0.2, -0.15) is 0 Å². The lowest BCUT2D eigenvalue weighted by Gasteiger charge is -2.18. The van der Waals surface area contributed by atoms with Crippen LogP contribution in [0.25, 0.3) is 0 Å². The highest BCUT2D eigenvalue weighted by atomic mass is 79.9. The van der Waals surface area contributed by atoms with Crippen LogP contribution in [0.5, 0.6) is 0 Å². The first-order valence-electron chi connectivity index (χ1n) is 5.82. The fourth-order valence-corrected chi connectivity index (χ4v) is 2.51. The summed E-state index contributed by atoms with van der Waals surface area (Å²) < 4.78 is 1.10. The molecule has 4 heteroatoms. The zero-order chi connectivity index (χ0) is 13.0. The summed E-state index contributed by atoms with van der Waals surface area (Å²) in [4.78, 5) is 4.13. The van der Waals surface area contributed by atoms with E-state index in [0.717, 1.165) is 22.1 Å². The number of pyridine rings is 1. The van der Waals surface area contributed by atoms with E-state index in [-0.39, 0.29) is 6.04 Å². The number of aromatic nitrogens is 1. The summed E-state index contributed by atoms with van der Waals surface area (Å²) in [6, 6.07) is 10.3. The van der Waals surface area contributed by atoms with E-state index in [0.29, 0.717) is 0 Å². The molecule has 0 saturated heterocycles. The van der Waals surface area contributed by atoms with Gasteiger partial charge in [0, 0.05) is 28.6 Å². The number of rotatable bonds is 4. The second kappa shape index (κ2) is 5.98. The SMILES string of the molecule is CNC(Cc1cnccc1N)c1ccccc1Br. The molecule has 0 spiro atoms. The Morgan fingerprint density at radius 3 is 2.78 bits per heavy atom. The summed E-state index contributed by atoms with van der Waals surface area (Å²) in [5.41, 5.74) is 9.04. The molecule has 0 fully saturated rings. The number of nitrogens with two attached hydrogens (primary N) is 1. The van der Waals surface area contributed by atoms with Crippen molar-refractivity contribution in [3.05, 3.63) is 58.3 Å². The summed E-state index contributed by atoms with van der Waals surface area (Å²) in [5.74, 6) is 0. The van der Waals surface area contributed by atoms with Crippen molar-refractivity contribution in [2.75, 3.05) is 12.8 Å². The van der Waals surface area contributed by atoms with Crippen LogP contribution in [0.4, 0.5) is 5.69 Å². The highest BCUT2D eigenvalue weighted by molar-refractivity contribution is 9.10. The van der Waals surface area contributed by atoms with Gasteiger partial charge in [-0.05, 0) is 36.7 Å². The number of nitrogen functional groups attached to an aromatic ring is 1. The average molecular weight is 306 g/mol. The largest absolute Gasteiger partial charge is 0.398 e. The van der Waals surface area contributed by atoms with Crippen molar-refractivity contribution in [1.29, 1.82) is 0 Å². The highest BCUT2D eigenvalue weighted by Crippen LogP contribution is 2.26. The van der Waals surface area contributed by atoms with Crippen LogP contribution in [0.1, 0.15) is 17.2 Å². The van der Waals surface area contributed by atoms with Crippen LogP contribution in [-0.4, -0.2) is 12.0 Å². The zero-order valence-electron chi connectivity index (χ0n) is 10.2. The van der Waals surface area contributed by atoms with E-state index in [1.807, 2.05) is 37.5 Å². The van der Waals surface area contributed by atoms with Crippen molar-refractivity contribution < 1.29 is 0 Å². The minimum absolute atomic E-state index is 0.215. The van der Waals surface area contributed by atoms with Crippen molar-refractivity contribution in [3.63, 3.8) is 0 Å². The molecule has 3 nitrogen and oxygen atoms in total. The van der Waals surface area contributed by atoms with Gasteiger partial charge in [-0.1, -0.05) is 34.1 Å². The van der Waals surface area contributed by atoms with Crippen molar-refractivity contribution in [2.24, 2.45) is 0 Å². The van der Waals surface area contributed by atoms with Gasteiger partial charge in [0.2, 0.25) is 0 Å². The standard InChI is InChI=1S/C14H16BrN3/c1-17-14(11-4-2-3-5-12(11)15)8-10-9-18-7-6-13(10)16/h2-7,9,14,17H,8H2,1H3,(H2,16,18).